The number of nitrogens with zero attached hydrogens (tertiary/aromatic N) is 1. The molecule has 21 heavy (non-hydrogen) atoms. The van der Waals surface area contributed by atoms with Crippen molar-refractivity contribution in [3.8, 4) is 0 Å². The van der Waals surface area contributed by atoms with Gasteiger partial charge in [-0.1, -0.05) is 24.3 Å². The highest BCUT2D eigenvalue weighted by Gasteiger charge is 2.44. The van der Waals surface area contributed by atoms with Crippen LogP contribution in [0, 0.1) is 6.92 Å². The van der Waals surface area contributed by atoms with Gasteiger partial charge in [-0.2, -0.15) is 0 Å². The Labute approximate surface area is 124 Å². The molecule has 2 saturated heterocycles. The maximum Gasteiger partial charge on any atom is 0.245 e. The Kier molecular flexibility index (Phi) is 3.68. The summed E-state index contributed by atoms with van der Waals surface area (Å²) < 4.78 is 0. The van der Waals surface area contributed by atoms with Gasteiger partial charge in [-0.05, 0) is 31.4 Å². The van der Waals surface area contributed by atoms with Crippen LogP contribution in [0.25, 0.3) is 0 Å². The second-order valence-electron chi connectivity index (χ2n) is 5.98. The molecule has 5 nitrogen and oxygen atoms in total. The number of amides is 2. The number of rotatable bonds is 3. The molecule has 1 aromatic rings. The van der Waals surface area contributed by atoms with Crippen LogP contribution in [0.4, 0.5) is 0 Å². The minimum absolute atomic E-state index is 0.0257. The molecule has 0 aromatic heterocycles. The number of benzene rings is 1. The van der Waals surface area contributed by atoms with Crippen molar-refractivity contribution in [1.29, 1.82) is 0 Å². The van der Waals surface area contributed by atoms with Crippen molar-refractivity contribution in [1.82, 2.24) is 15.5 Å². The van der Waals surface area contributed by atoms with E-state index in [2.05, 4.69) is 29.7 Å². The Morgan fingerprint density at radius 2 is 2.10 bits per heavy atom. The number of hydrogen-bond donors (Lipinski definition) is 2. The summed E-state index contributed by atoms with van der Waals surface area (Å²) in [6.07, 6.45) is 0.691. The first-order chi connectivity index (χ1) is 10.1. The Morgan fingerprint density at radius 3 is 2.86 bits per heavy atom. The minimum atomic E-state index is -0.399. The monoisotopic (exact) mass is 287 g/mol. The van der Waals surface area contributed by atoms with Crippen LogP contribution in [-0.4, -0.2) is 41.4 Å². The summed E-state index contributed by atoms with van der Waals surface area (Å²) in [5.41, 5.74) is 2.51. The van der Waals surface area contributed by atoms with Crippen molar-refractivity contribution < 1.29 is 9.59 Å². The van der Waals surface area contributed by atoms with Gasteiger partial charge in [0, 0.05) is 19.1 Å². The largest absolute Gasteiger partial charge is 0.343 e. The normalized spacial score (nSPS) is 28.5. The van der Waals surface area contributed by atoms with Crippen LogP contribution < -0.4 is 10.6 Å². The summed E-state index contributed by atoms with van der Waals surface area (Å²) in [5, 5.41) is 6.22. The molecule has 1 aromatic carbocycles. The van der Waals surface area contributed by atoms with Crippen molar-refractivity contribution in [3.05, 3.63) is 35.4 Å². The fourth-order valence-corrected chi connectivity index (χ4v) is 3.16. The molecule has 0 radical (unpaired) electrons. The number of piperazine rings is 1. The van der Waals surface area contributed by atoms with Crippen molar-refractivity contribution in [2.45, 2.75) is 44.9 Å². The van der Waals surface area contributed by atoms with Crippen LogP contribution in [0.1, 0.15) is 24.5 Å². The SMILES string of the molecule is Cc1ccccc1CN[C@H]1C[C@H]2C(=O)N[C@H](C)C(=O)N2C1. The van der Waals surface area contributed by atoms with Crippen molar-refractivity contribution >= 4 is 11.8 Å². The Hall–Kier alpha value is -1.88. The first-order valence-corrected chi connectivity index (χ1v) is 7.45. The van der Waals surface area contributed by atoms with Crippen molar-refractivity contribution in [2.75, 3.05) is 6.54 Å². The third-order valence-electron chi connectivity index (χ3n) is 4.46. The van der Waals surface area contributed by atoms with Gasteiger partial charge in [0.05, 0.1) is 0 Å². The van der Waals surface area contributed by atoms with E-state index in [0.717, 1.165) is 6.54 Å². The lowest BCUT2D eigenvalue weighted by atomic mass is 10.1. The number of fused-ring (bicyclic) bond motifs is 1. The molecule has 2 N–H and O–H groups in total. The molecule has 0 bridgehead atoms. The van der Waals surface area contributed by atoms with Crippen LogP contribution in [0.2, 0.25) is 0 Å². The van der Waals surface area contributed by atoms with Crippen LogP contribution in [0.5, 0.6) is 0 Å². The summed E-state index contributed by atoms with van der Waals surface area (Å²) in [7, 11) is 0. The molecule has 3 rings (SSSR count). The molecule has 0 saturated carbocycles. The number of carbonyl (C=O) groups is 2. The lowest BCUT2D eigenvalue weighted by molar-refractivity contribution is -0.146. The Bertz CT molecular complexity index is 572. The lowest BCUT2D eigenvalue weighted by Crippen LogP contribution is -2.60. The predicted molar refractivity (Wildman–Crippen MR) is 79.5 cm³/mol. The molecule has 2 fully saturated rings. The van der Waals surface area contributed by atoms with E-state index in [1.807, 2.05) is 12.1 Å². The summed E-state index contributed by atoms with van der Waals surface area (Å²) in [5.74, 6) is 0.00193. The van der Waals surface area contributed by atoms with Gasteiger partial charge in [-0.25, -0.2) is 0 Å². The first-order valence-electron chi connectivity index (χ1n) is 7.45. The highest BCUT2D eigenvalue weighted by atomic mass is 16.2. The predicted octanol–water partition coefficient (Wildman–Crippen LogP) is 0.572. The molecule has 0 spiro atoms. The molecule has 5 heteroatoms. The number of aryl methyl sites for hydroxylation is 1. The molecule has 0 unspecified atom stereocenters. The van der Waals surface area contributed by atoms with Crippen LogP contribution in [0.3, 0.4) is 0 Å². The molecular weight excluding hydrogens is 266 g/mol. The second-order valence-corrected chi connectivity index (χ2v) is 5.98. The second kappa shape index (κ2) is 5.48. The third kappa shape index (κ3) is 2.65. The lowest BCUT2D eigenvalue weighted by Gasteiger charge is -2.32. The first kappa shape index (κ1) is 14.1. The maximum absolute atomic E-state index is 12.1. The average Bonchev–Trinajstić information content (AvgIpc) is 2.89. The van der Waals surface area contributed by atoms with Crippen LogP contribution in [-0.2, 0) is 16.1 Å². The summed E-state index contributed by atoms with van der Waals surface area (Å²) >= 11 is 0. The average molecular weight is 287 g/mol. The van der Waals surface area contributed by atoms with Gasteiger partial charge in [0.25, 0.3) is 0 Å². The number of carbonyl (C=O) groups excluding carboxylic acids is 2. The van der Waals surface area contributed by atoms with E-state index in [1.54, 1.807) is 11.8 Å². The van der Waals surface area contributed by atoms with Crippen molar-refractivity contribution in [2.24, 2.45) is 0 Å². The molecule has 2 aliphatic heterocycles. The van der Waals surface area contributed by atoms with Crippen LogP contribution >= 0.6 is 0 Å². The zero-order chi connectivity index (χ0) is 15.0. The van der Waals surface area contributed by atoms with Crippen LogP contribution in [0.15, 0.2) is 24.3 Å². The fraction of sp³-hybridized carbons (Fsp3) is 0.500. The quantitative estimate of drug-likeness (QED) is 0.854. The van der Waals surface area contributed by atoms with Gasteiger partial charge in [-0.3, -0.25) is 9.59 Å². The highest BCUT2D eigenvalue weighted by Crippen LogP contribution is 2.23. The Morgan fingerprint density at radius 1 is 1.33 bits per heavy atom. The molecule has 2 aliphatic rings. The van der Waals surface area contributed by atoms with Gasteiger partial charge in [0.15, 0.2) is 0 Å². The molecule has 2 heterocycles. The standard InChI is InChI=1S/C16H21N3O2/c1-10-5-3-4-6-12(10)8-17-13-7-14-15(20)18-11(2)16(21)19(14)9-13/h3-6,11,13-14,17H,7-9H2,1-2H3,(H,18,20)/t11-,13+,14+/m1/s1. The molecule has 3 atom stereocenters. The summed E-state index contributed by atoms with van der Waals surface area (Å²) in [4.78, 5) is 25.8. The van der Waals surface area contributed by atoms with E-state index in [0.29, 0.717) is 13.0 Å². The van der Waals surface area contributed by atoms with Gasteiger partial charge in [0.2, 0.25) is 11.8 Å². The number of nitrogens with one attached hydrogen (secondary N) is 2. The third-order valence-corrected chi connectivity index (χ3v) is 4.46. The topological polar surface area (TPSA) is 61.4 Å². The van der Waals surface area contributed by atoms with E-state index in [1.165, 1.54) is 11.1 Å². The van der Waals surface area contributed by atoms with Gasteiger partial charge >= 0.3 is 0 Å². The van der Waals surface area contributed by atoms with Crippen molar-refractivity contribution in [3.63, 3.8) is 0 Å². The zero-order valence-electron chi connectivity index (χ0n) is 12.4. The summed E-state index contributed by atoms with van der Waals surface area (Å²) in [6.45, 7) is 5.22. The molecule has 112 valence electrons. The van der Waals surface area contributed by atoms with Gasteiger partial charge in [-0.15, -0.1) is 0 Å². The Balaban J connectivity index is 1.63. The van der Waals surface area contributed by atoms with Gasteiger partial charge < -0.3 is 15.5 Å². The molecule has 0 aliphatic carbocycles. The van der Waals surface area contributed by atoms with E-state index in [9.17, 15) is 9.59 Å². The fourth-order valence-electron chi connectivity index (χ4n) is 3.16. The van der Waals surface area contributed by atoms with E-state index >= 15 is 0 Å². The van der Waals surface area contributed by atoms with E-state index in [4.69, 9.17) is 0 Å². The highest BCUT2D eigenvalue weighted by molar-refractivity contribution is 5.97. The summed E-state index contributed by atoms with van der Waals surface area (Å²) in [6, 6.07) is 7.72. The van der Waals surface area contributed by atoms with E-state index < -0.39 is 6.04 Å². The smallest absolute Gasteiger partial charge is 0.245 e. The van der Waals surface area contributed by atoms with E-state index in [-0.39, 0.29) is 23.9 Å². The molecular formula is C16H21N3O2. The maximum atomic E-state index is 12.1. The zero-order valence-corrected chi connectivity index (χ0v) is 12.4. The minimum Gasteiger partial charge on any atom is -0.343 e. The number of hydrogen-bond acceptors (Lipinski definition) is 3. The van der Waals surface area contributed by atoms with Gasteiger partial charge in [0.1, 0.15) is 12.1 Å². The molecule has 2 amide bonds.